The summed E-state index contributed by atoms with van der Waals surface area (Å²) in [7, 11) is 0. The molecule has 0 aliphatic carbocycles. The summed E-state index contributed by atoms with van der Waals surface area (Å²) in [5, 5.41) is 10.9. The summed E-state index contributed by atoms with van der Waals surface area (Å²) < 4.78 is 1.60. The van der Waals surface area contributed by atoms with Gasteiger partial charge < -0.3 is 9.80 Å². The van der Waals surface area contributed by atoms with Crippen molar-refractivity contribution in [3.63, 3.8) is 0 Å². The standard InChI is InChI=1S/C20H12.C10H10N2S6/c1-5-13-6-2-11-17-18-12-4-8-14-7-3-10-16(20(14)18)15(9-1)19(13)17;1-3-11-7(13)5(17-9(11)15)6-8(14)12(4-2)10(16)18-6/h1-12H;3-4H2,1-2H3/b;6-5+. The SMILES string of the molecule is CCN1C(=S)S/C(=C2/SC(=S)N(CC)C2=S)C1=S.c1cc2cccc3c4cccc5cccc(c(c1)c23)c54. The van der Waals surface area contributed by atoms with Crippen molar-refractivity contribution in [3.05, 3.63) is 82.6 Å². The molecule has 0 spiro atoms. The molecule has 0 saturated carbocycles. The van der Waals surface area contributed by atoms with Crippen LogP contribution in [0.3, 0.4) is 0 Å². The van der Waals surface area contributed by atoms with Gasteiger partial charge in [-0.2, -0.15) is 0 Å². The Morgan fingerprint density at radius 1 is 0.526 bits per heavy atom. The maximum Gasteiger partial charge on any atom is 0.146 e. The van der Waals surface area contributed by atoms with E-state index in [1.54, 1.807) is 0 Å². The minimum absolute atomic E-state index is 0.776. The molecule has 188 valence electrons. The van der Waals surface area contributed by atoms with E-state index in [2.05, 4.69) is 72.8 Å². The number of thiocarbonyl (C=S) groups is 4. The number of hydrogen-bond donors (Lipinski definition) is 0. The first kappa shape index (κ1) is 26.0. The molecule has 2 aliphatic rings. The van der Waals surface area contributed by atoms with E-state index < -0.39 is 0 Å². The first-order chi connectivity index (χ1) is 18.4. The van der Waals surface area contributed by atoms with Crippen LogP contribution in [0.4, 0.5) is 0 Å². The summed E-state index contributed by atoms with van der Waals surface area (Å²) in [6, 6.07) is 26.4. The third-order valence-corrected chi connectivity index (χ3v) is 11.1. The van der Waals surface area contributed by atoms with Crippen LogP contribution in [0.2, 0.25) is 0 Å². The zero-order valence-electron chi connectivity index (χ0n) is 20.7. The fourth-order valence-electron chi connectivity index (χ4n) is 5.20. The molecule has 0 unspecified atom stereocenters. The van der Waals surface area contributed by atoms with E-state index in [9.17, 15) is 0 Å². The van der Waals surface area contributed by atoms with Gasteiger partial charge in [-0.3, -0.25) is 0 Å². The first-order valence-corrected chi connectivity index (χ1v) is 15.6. The van der Waals surface area contributed by atoms with Crippen LogP contribution in [-0.4, -0.2) is 41.5 Å². The number of nitrogens with zero attached hydrogens (tertiary/aromatic N) is 2. The van der Waals surface area contributed by atoms with Crippen LogP contribution >= 0.6 is 72.4 Å². The van der Waals surface area contributed by atoms with Crippen LogP contribution in [0, 0.1) is 0 Å². The monoisotopic (exact) mass is 602 g/mol. The number of likely N-dealkylation sites (N-methyl/N-ethyl adjacent to an activating group) is 2. The van der Waals surface area contributed by atoms with Gasteiger partial charge in [0, 0.05) is 13.1 Å². The molecule has 7 rings (SSSR count). The van der Waals surface area contributed by atoms with Gasteiger partial charge in [0.1, 0.15) is 18.6 Å². The molecule has 5 aromatic carbocycles. The van der Waals surface area contributed by atoms with Crippen molar-refractivity contribution in [2.45, 2.75) is 13.8 Å². The van der Waals surface area contributed by atoms with Gasteiger partial charge in [0.15, 0.2) is 0 Å². The summed E-state index contributed by atoms with van der Waals surface area (Å²) in [6.45, 7) is 5.66. The summed E-state index contributed by atoms with van der Waals surface area (Å²) in [4.78, 5) is 7.45. The molecule has 2 saturated heterocycles. The van der Waals surface area contributed by atoms with Crippen molar-refractivity contribution >= 4 is 134 Å². The predicted molar refractivity (Wildman–Crippen MR) is 185 cm³/mol. The maximum absolute atomic E-state index is 5.47. The van der Waals surface area contributed by atoms with Crippen molar-refractivity contribution in [2.75, 3.05) is 13.1 Å². The van der Waals surface area contributed by atoms with E-state index >= 15 is 0 Å². The Kier molecular flexibility index (Phi) is 7.13. The Bertz CT molecular complexity index is 1630. The smallest absolute Gasteiger partial charge is 0.146 e. The van der Waals surface area contributed by atoms with Crippen LogP contribution in [0.5, 0.6) is 0 Å². The Labute approximate surface area is 251 Å². The lowest BCUT2D eigenvalue weighted by molar-refractivity contribution is 0.682. The molecular weight excluding hydrogens is 581 g/mol. The molecule has 0 atom stereocenters. The Balaban J connectivity index is 0.000000140. The van der Waals surface area contributed by atoms with Crippen LogP contribution in [0.15, 0.2) is 82.6 Å². The molecule has 0 bridgehead atoms. The highest BCUT2D eigenvalue weighted by Crippen LogP contribution is 2.43. The highest BCUT2D eigenvalue weighted by atomic mass is 32.2. The lowest BCUT2D eigenvalue weighted by Gasteiger charge is -2.14. The number of thioether (sulfide) groups is 2. The quantitative estimate of drug-likeness (QED) is 0.0843. The second kappa shape index (κ2) is 10.4. The van der Waals surface area contributed by atoms with Gasteiger partial charge in [-0.15, -0.1) is 0 Å². The molecule has 8 heteroatoms. The van der Waals surface area contributed by atoms with Crippen LogP contribution in [-0.2, 0) is 0 Å². The van der Waals surface area contributed by atoms with E-state index in [1.807, 2.05) is 23.6 Å². The number of fused-ring (bicyclic) bond motifs is 2. The van der Waals surface area contributed by atoms with Crippen molar-refractivity contribution in [2.24, 2.45) is 0 Å². The van der Waals surface area contributed by atoms with Crippen LogP contribution in [0.25, 0.3) is 43.1 Å². The van der Waals surface area contributed by atoms with Gasteiger partial charge in [-0.1, -0.05) is 145 Å². The van der Waals surface area contributed by atoms with Gasteiger partial charge in [0.05, 0.1) is 9.81 Å². The molecule has 0 N–H and O–H groups in total. The fraction of sp³-hybridized carbons (Fsp3) is 0.133. The van der Waals surface area contributed by atoms with Crippen molar-refractivity contribution in [1.82, 2.24) is 9.80 Å². The summed E-state index contributed by atoms with van der Waals surface area (Å²) >= 11 is 24.6. The average molecular weight is 603 g/mol. The molecule has 2 nitrogen and oxygen atoms in total. The summed E-state index contributed by atoms with van der Waals surface area (Å²) in [6.07, 6.45) is 0. The van der Waals surface area contributed by atoms with Gasteiger partial charge in [0.25, 0.3) is 0 Å². The zero-order valence-corrected chi connectivity index (χ0v) is 25.6. The third-order valence-electron chi connectivity index (χ3n) is 6.93. The number of hydrogen-bond acceptors (Lipinski definition) is 6. The maximum atomic E-state index is 5.47. The van der Waals surface area contributed by atoms with Crippen LogP contribution in [0.1, 0.15) is 13.8 Å². The highest BCUT2D eigenvalue weighted by molar-refractivity contribution is 8.30. The second-order valence-electron chi connectivity index (χ2n) is 8.91. The Hall–Kier alpha value is -2.20. The van der Waals surface area contributed by atoms with E-state index in [0.717, 1.165) is 41.5 Å². The van der Waals surface area contributed by atoms with Gasteiger partial charge in [-0.05, 0) is 56.9 Å². The Morgan fingerprint density at radius 3 is 1.11 bits per heavy atom. The fourth-order valence-corrected chi connectivity index (χ4v) is 9.43. The number of benzene rings is 5. The number of rotatable bonds is 2. The molecule has 2 fully saturated rings. The van der Waals surface area contributed by atoms with Gasteiger partial charge in [0.2, 0.25) is 0 Å². The topological polar surface area (TPSA) is 6.48 Å². The highest BCUT2D eigenvalue weighted by Gasteiger charge is 2.36. The van der Waals surface area contributed by atoms with Gasteiger partial charge >= 0.3 is 0 Å². The first-order valence-electron chi connectivity index (χ1n) is 12.3. The molecule has 0 amide bonds. The van der Waals surface area contributed by atoms with E-state index in [4.69, 9.17) is 48.9 Å². The zero-order chi connectivity index (χ0) is 26.6. The average Bonchev–Trinajstić information content (AvgIpc) is 3.39. The molecule has 0 radical (unpaired) electrons. The molecule has 0 aromatic heterocycles. The summed E-state index contributed by atoms with van der Waals surface area (Å²) in [5.74, 6) is 0. The predicted octanol–water partition coefficient (Wildman–Crippen LogP) is 9.30. The van der Waals surface area contributed by atoms with Crippen molar-refractivity contribution in [3.8, 4) is 0 Å². The molecule has 38 heavy (non-hydrogen) atoms. The Morgan fingerprint density at radius 2 is 0.842 bits per heavy atom. The molecule has 5 aromatic rings. The van der Waals surface area contributed by atoms with Crippen molar-refractivity contribution < 1.29 is 0 Å². The lowest BCUT2D eigenvalue weighted by atomic mass is 9.90. The minimum atomic E-state index is 0.776. The van der Waals surface area contributed by atoms with E-state index in [-0.39, 0.29) is 0 Å². The largest absolute Gasteiger partial charge is 0.317 e. The minimum Gasteiger partial charge on any atom is -0.317 e. The third kappa shape index (κ3) is 4.13. The van der Waals surface area contributed by atoms with Crippen molar-refractivity contribution in [1.29, 1.82) is 0 Å². The molecule has 2 aliphatic heterocycles. The normalized spacial score (nSPS) is 18.1. The lowest BCUT2D eigenvalue weighted by Crippen LogP contribution is -2.27. The summed E-state index contributed by atoms with van der Waals surface area (Å²) in [5.41, 5.74) is 0. The van der Waals surface area contributed by atoms with Crippen LogP contribution < -0.4 is 0 Å². The van der Waals surface area contributed by atoms with Gasteiger partial charge in [-0.25, -0.2) is 0 Å². The van der Waals surface area contributed by atoms with E-state index in [1.165, 1.54) is 66.6 Å². The second-order valence-corrected chi connectivity index (χ2v) is 13.0. The molecular formula is C30H22N2S6. The molecule has 2 heterocycles. The van der Waals surface area contributed by atoms with E-state index in [0.29, 0.717) is 0 Å².